The Morgan fingerprint density at radius 3 is 2.71 bits per heavy atom. The maximum atomic E-state index is 14.1. The molecule has 0 radical (unpaired) electrons. The number of aryl methyl sites for hydroxylation is 1. The zero-order valence-corrected chi connectivity index (χ0v) is 18.0. The van der Waals surface area contributed by atoms with Crippen molar-refractivity contribution in [2.45, 2.75) is 26.4 Å². The zero-order chi connectivity index (χ0) is 24.7. The SMILES string of the molecule is Cc1cc(OC(F)(F)F)ccc1-c1cc(CN2Cc3[nH]c(-c4cccc(F)c4F)nc3C=N2)on1. The third kappa shape index (κ3) is 4.72. The Balaban J connectivity index is 1.29. The number of nitrogens with zero attached hydrogens (tertiary/aromatic N) is 4. The first-order chi connectivity index (χ1) is 16.7. The molecule has 0 amide bonds. The fraction of sp³-hybridized carbons (Fsp3) is 0.174. The summed E-state index contributed by atoms with van der Waals surface area (Å²) in [5, 5.41) is 9.97. The van der Waals surface area contributed by atoms with Crippen LogP contribution in [0.25, 0.3) is 22.6 Å². The van der Waals surface area contributed by atoms with Gasteiger partial charge in [-0.2, -0.15) is 5.10 Å². The number of alkyl halides is 3. The van der Waals surface area contributed by atoms with E-state index < -0.39 is 18.0 Å². The fourth-order valence-corrected chi connectivity index (χ4v) is 3.74. The van der Waals surface area contributed by atoms with E-state index in [0.717, 1.165) is 6.07 Å². The number of hydrogen-bond donors (Lipinski definition) is 1. The van der Waals surface area contributed by atoms with Crippen LogP contribution in [0.15, 0.2) is 52.1 Å². The normalized spacial score (nSPS) is 13.3. The number of benzene rings is 2. The van der Waals surface area contributed by atoms with Gasteiger partial charge >= 0.3 is 6.36 Å². The van der Waals surface area contributed by atoms with Crippen molar-refractivity contribution in [2.75, 3.05) is 0 Å². The van der Waals surface area contributed by atoms with Gasteiger partial charge in [0.2, 0.25) is 0 Å². The molecule has 1 aliphatic rings. The van der Waals surface area contributed by atoms with Crippen LogP contribution in [-0.2, 0) is 13.1 Å². The van der Waals surface area contributed by atoms with Crippen LogP contribution in [0.2, 0.25) is 0 Å². The topological polar surface area (TPSA) is 79.5 Å². The van der Waals surface area contributed by atoms with Gasteiger partial charge in [-0.1, -0.05) is 11.2 Å². The van der Waals surface area contributed by atoms with Crippen LogP contribution in [0, 0.1) is 18.6 Å². The summed E-state index contributed by atoms with van der Waals surface area (Å²) < 4.78 is 74.3. The van der Waals surface area contributed by atoms with Gasteiger partial charge in [-0.15, -0.1) is 13.2 Å². The molecule has 0 aliphatic carbocycles. The number of nitrogens with one attached hydrogen (secondary N) is 1. The quantitative estimate of drug-likeness (QED) is 0.371. The van der Waals surface area contributed by atoms with Crippen molar-refractivity contribution in [3.8, 4) is 28.4 Å². The predicted octanol–water partition coefficient (Wildman–Crippen LogP) is 5.57. The third-order valence-electron chi connectivity index (χ3n) is 5.31. The van der Waals surface area contributed by atoms with Crippen molar-refractivity contribution in [1.29, 1.82) is 0 Å². The molecule has 5 rings (SSSR count). The van der Waals surface area contributed by atoms with Gasteiger partial charge in [-0.25, -0.2) is 13.8 Å². The van der Waals surface area contributed by atoms with Crippen molar-refractivity contribution in [1.82, 2.24) is 20.1 Å². The van der Waals surface area contributed by atoms with E-state index >= 15 is 0 Å². The van der Waals surface area contributed by atoms with Crippen LogP contribution in [0.5, 0.6) is 5.75 Å². The lowest BCUT2D eigenvalue weighted by atomic mass is 10.1. The van der Waals surface area contributed by atoms with E-state index in [2.05, 4.69) is 25.0 Å². The number of fused-ring (bicyclic) bond motifs is 1. The minimum Gasteiger partial charge on any atom is -0.406 e. The van der Waals surface area contributed by atoms with Crippen LogP contribution in [0.3, 0.4) is 0 Å². The molecule has 0 fully saturated rings. The second kappa shape index (κ2) is 8.53. The number of aromatic nitrogens is 3. The summed E-state index contributed by atoms with van der Waals surface area (Å²) in [4.78, 5) is 7.30. The number of ether oxygens (including phenoxy) is 1. The summed E-state index contributed by atoms with van der Waals surface area (Å²) in [6.45, 7) is 2.18. The maximum Gasteiger partial charge on any atom is 0.573 e. The first kappa shape index (κ1) is 22.6. The van der Waals surface area contributed by atoms with E-state index in [1.165, 1.54) is 36.5 Å². The lowest BCUT2D eigenvalue weighted by molar-refractivity contribution is -0.274. The second-order valence-electron chi connectivity index (χ2n) is 7.82. The molecule has 0 atom stereocenters. The molecule has 4 aromatic rings. The summed E-state index contributed by atoms with van der Waals surface area (Å²) >= 11 is 0. The van der Waals surface area contributed by atoms with Gasteiger partial charge in [-0.05, 0) is 42.8 Å². The van der Waals surface area contributed by atoms with Gasteiger partial charge in [-0.3, -0.25) is 5.01 Å². The number of imidazole rings is 1. The van der Waals surface area contributed by atoms with Crippen molar-refractivity contribution >= 4 is 6.21 Å². The predicted molar refractivity (Wildman–Crippen MR) is 114 cm³/mol. The Morgan fingerprint density at radius 2 is 1.94 bits per heavy atom. The molecule has 1 aliphatic heterocycles. The van der Waals surface area contributed by atoms with Crippen molar-refractivity contribution in [3.05, 3.63) is 76.8 Å². The zero-order valence-electron chi connectivity index (χ0n) is 18.0. The number of aromatic amines is 1. The monoisotopic (exact) mass is 489 g/mol. The minimum absolute atomic E-state index is 0.0150. The lowest BCUT2D eigenvalue weighted by Crippen LogP contribution is -2.21. The molecule has 3 heterocycles. The molecule has 12 heteroatoms. The fourth-order valence-electron chi connectivity index (χ4n) is 3.74. The average Bonchev–Trinajstić information content (AvgIpc) is 3.41. The number of hydrazone groups is 1. The Bertz CT molecular complexity index is 1430. The Hall–Kier alpha value is -4.22. The van der Waals surface area contributed by atoms with Crippen LogP contribution in [0.1, 0.15) is 22.7 Å². The standard InChI is InChI=1S/C23H16F5N5O2/c1-12-7-13(34-23(26,27)28)5-6-15(12)18-8-14(35-32-18)10-33-11-20-19(9-29-33)30-22(31-20)16-3-2-4-17(24)21(16)25/h2-9H,10-11H2,1H3,(H,30,31). The molecule has 0 saturated carbocycles. The molecule has 2 aromatic carbocycles. The first-order valence-electron chi connectivity index (χ1n) is 10.3. The van der Waals surface area contributed by atoms with Crippen molar-refractivity contribution < 1.29 is 31.2 Å². The summed E-state index contributed by atoms with van der Waals surface area (Å²) in [7, 11) is 0. The number of H-pyrrole nitrogens is 1. The van der Waals surface area contributed by atoms with Crippen LogP contribution in [-0.4, -0.2) is 32.7 Å². The summed E-state index contributed by atoms with van der Waals surface area (Å²) in [6.07, 6.45) is -3.28. The molecule has 1 N–H and O–H groups in total. The van der Waals surface area contributed by atoms with Gasteiger partial charge in [0.15, 0.2) is 17.4 Å². The number of hydrogen-bond acceptors (Lipinski definition) is 6. The average molecular weight is 489 g/mol. The molecular weight excluding hydrogens is 473 g/mol. The summed E-state index contributed by atoms with van der Waals surface area (Å²) in [5.41, 5.74) is 2.75. The van der Waals surface area contributed by atoms with Gasteiger partial charge in [0.25, 0.3) is 0 Å². The minimum atomic E-state index is -4.77. The molecule has 0 saturated heterocycles. The van der Waals surface area contributed by atoms with Crippen molar-refractivity contribution in [3.63, 3.8) is 0 Å². The highest BCUT2D eigenvalue weighted by molar-refractivity contribution is 5.80. The molecule has 0 bridgehead atoms. The summed E-state index contributed by atoms with van der Waals surface area (Å²) in [5.74, 6) is -1.62. The van der Waals surface area contributed by atoms with E-state index in [-0.39, 0.29) is 23.7 Å². The Kier molecular flexibility index (Phi) is 5.50. The molecule has 0 spiro atoms. The van der Waals surface area contributed by atoms with Gasteiger partial charge in [0.1, 0.15) is 23.0 Å². The number of rotatable bonds is 5. The smallest absolute Gasteiger partial charge is 0.406 e. The molecule has 2 aromatic heterocycles. The number of halogens is 5. The lowest BCUT2D eigenvalue weighted by Gasteiger charge is -2.19. The van der Waals surface area contributed by atoms with Gasteiger partial charge in [0.05, 0.1) is 30.6 Å². The van der Waals surface area contributed by atoms with Gasteiger partial charge in [0, 0.05) is 11.6 Å². The van der Waals surface area contributed by atoms with E-state index in [4.69, 9.17) is 4.52 Å². The molecule has 0 unspecified atom stereocenters. The van der Waals surface area contributed by atoms with Crippen LogP contribution in [0.4, 0.5) is 22.0 Å². The van der Waals surface area contributed by atoms with E-state index in [9.17, 15) is 22.0 Å². The molecule has 35 heavy (non-hydrogen) atoms. The highest BCUT2D eigenvalue weighted by Crippen LogP contribution is 2.30. The molecule has 7 nitrogen and oxygen atoms in total. The van der Waals surface area contributed by atoms with Crippen molar-refractivity contribution in [2.24, 2.45) is 5.10 Å². The molecule has 180 valence electrons. The molecular formula is C23H16F5N5O2. The second-order valence-corrected chi connectivity index (χ2v) is 7.82. The van der Waals surface area contributed by atoms with Crippen LogP contribution < -0.4 is 4.74 Å². The Morgan fingerprint density at radius 1 is 1.11 bits per heavy atom. The third-order valence-corrected chi connectivity index (χ3v) is 5.31. The van der Waals surface area contributed by atoms with E-state index in [1.807, 2.05) is 0 Å². The van der Waals surface area contributed by atoms with E-state index in [0.29, 0.717) is 40.5 Å². The Labute approximate surface area is 194 Å². The van der Waals surface area contributed by atoms with Crippen LogP contribution >= 0.6 is 0 Å². The highest BCUT2D eigenvalue weighted by atomic mass is 19.4. The maximum absolute atomic E-state index is 14.1. The first-order valence-corrected chi connectivity index (χ1v) is 10.3. The van der Waals surface area contributed by atoms with Gasteiger partial charge < -0.3 is 14.2 Å². The van der Waals surface area contributed by atoms with E-state index in [1.54, 1.807) is 18.0 Å². The highest BCUT2D eigenvalue weighted by Gasteiger charge is 2.31. The largest absolute Gasteiger partial charge is 0.573 e. The summed E-state index contributed by atoms with van der Waals surface area (Å²) in [6, 6.07) is 9.47.